The molecule has 3 aromatic carbocycles. The standard InChI is InChI=1S/C41H58N2O4/c1-26(2)17-36(42-25-27-18-34(43(46)47)15-16-35(27)44)41(45,32-21-28(37(3,4)5)19-29(22-32)38(6,7)8)33-23-30(39(9,10)11)20-31(24-33)40(12,13)14/h15-16,18-26,36,44-45H,17H2,1-14H3/t36-/m0/s1. The summed E-state index contributed by atoms with van der Waals surface area (Å²) in [5.74, 6) is 0.0452. The molecule has 0 aromatic heterocycles. The minimum absolute atomic E-state index is 0.110. The number of aliphatic imine (C=N–C) groups is 1. The third-order valence-electron chi connectivity index (χ3n) is 9.00. The molecule has 1 atom stereocenters. The van der Waals surface area contributed by atoms with Crippen LogP contribution in [0.1, 0.15) is 142 Å². The Morgan fingerprint density at radius 1 is 0.681 bits per heavy atom. The highest BCUT2D eigenvalue weighted by atomic mass is 16.6. The van der Waals surface area contributed by atoms with Gasteiger partial charge in [-0.15, -0.1) is 0 Å². The third kappa shape index (κ3) is 8.90. The van der Waals surface area contributed by atoms with E-state index in [1.807, 2.05) is 0 Å². The van der Waals surface area contributed by atoms with Crippen LogP contribution in [0.3, 0.4) is 0 Å². The summed E-state index contributed by atoms with van der Waals surface area (Å²) in [7, 11) is 0. The van der Waals surface area contributed by atoms with Crippen molar-refractivity contribution in [2.75, 3.05) is 0 Å². The van der Waals surface area contributed by atoms with E-state index < -0.39 is 16.6 Å². The molecule has 0 aliphatic rings. The molecule has 3 rings (SSSR count). The lowest BCUT2D eigenvalue weighted by molar-refractivity contribution is -0.384. The van der Waals surface area contributed by atoms with Crippen LogP contribution < -0.4 is 0 Å². The molecule has 0 spiro atoms. The Balaban J connectivity index is 2.55. The van der Waals surface area contributed by atoms with E-state index in [1.54, 1.807) is 0 Å². The van der Waals surface area contributed by atoms with E-state index in [4.69, 9.17) is 4.99 Å². The molecule has 0 radical (unpaired) electrons. The van der Waals surface area contributed by atoms with E-state index in [0.717, 1.165) is 33.4 Å². The maximum atomic E-state index is 13.6. The Morgan fingerprint density at radius 2 is 1.04 bits per heavy atom. The minimum atomic E-state index is -1.58. The first kappa shape index (κ1) is 37.9. The van der Waals surface area contributed by atoms with Crippen LogP contribution in [0, 0.1) is 16.0 Å². The summed E-state index contributed by atoms with van der Waals surface area (Å²) in [4.78, 5) is 16.1. The SMILES string of the molecule is CC(C)C[C@H](N=Cc1cc([N+](=O)[O-])ccc1O)C(O)(c1cc(C(C)(C)C)cc(C(C)(C)C)c1)c1cc(C(C)(C)C)cc(C(C)(C)C)c1. The highest BCUT2D eigenvalue weighted by Crippen LogP contribution is 2.44. The number of nitrogens with zero attached hydrogens (tertiary/aromatic N) is 2. The Labute approximate surface area is 283 Å². The van der Waals surface area contributed by atoms with Crippen LogP contribution in [0.5, 0.6) is 5.75 Å². The van der Waals surface area contributed by atoms with E-state index in [9.17, 15) is 20.3 Å². The van der Waals surface area contributed by atoms with Crippen molar-refractivity contribution >= 4 is 11.9 Å². The summed E-state index contributed by atoms with van der Waals surface area (Å²) < 4.78 is 0. The van der Waals surface area contributed by atoms with Crippen molar-refractivity contribution in [2.24, 2.45) is 10.9 Å². The molecule has 0 unspecified atom stereocenters. The molecule has 6 heteroatoms. The lowest BCUT2D eigenvalue weighted by Crippen LogP contribution is -2.42. The highest BCUT2D eigenvalue weighted by Gasteiger charge is 2.43. The predicted octanol–water partition coefficient (Wildman–Crippen LogP) is 10.3. The Bertz CT molecular complexity index is 1480. The normalized spacial score (nSPS) is 14.2. The van der Waals surface area contributed by atoms with Crippen molar-refractivity contribution in [1.29, 1.82) is 0 Å². The van der Waals surface area contributed by atoms with Crippen LogP contribution in [0.2, 0.25) is 0 Å². The van der Waals surface area contributed by atoms with Crippen LogP contribution >= 0.6 is 0 Å². The number of aromatic hydroxyl groups is 1. The third-order valence-corrected chi connectivity index (χ3v) is 9.00. The number of non-ortho nitro benzene ring substituents is 1. The van der Waals surface area contributed by atoms with Crippen LogP contribution in [-0.2, 0) is 27.3 Å². The van der Waals surface area contributed by atoms with E-state index in [0.29, 0.717) is 6.42 Å². The Morgan fingerprint density at radius 3 is 1.36 bits per heavy atom. The first-order chi connectivity index (χ1) is 21.2. The van der Waals surface area contributed by atoms with Gasteiger partial charge in [-0.3, -0.25) is 15.1 Å². The maximum Gasteiger partial charge on any atom is 0.270 e. The average Bonchev–Trinajstić information content (AvgIpc) is 2.92. The molecule has 47 heavy (non-hydrogen) atoms. The second kappa shape index (κ2) is 13.2. The molecule has 0 bridgehead atoms. The molecule has 2 N–H and O–H groups in total. The monoisotopic (exact) mass is 642 g/mol. The zero-order valence-electron chi connectivity index (χ0n) is 31.2. The van der Waals surface area contributed by atoms with Crippen LogP contribution in [0.4, 0.5) is 5.69 Å². The molecule has 0 amide bonds. The van der Waals surface area contributed by atoms with Gasteiger partial charge >= 0.3 is 0 Å². The summed E-state index contributed by atoms with van der Waals surface area (Å²) >= 11 is 0. The summed E-state index contributed by atoms with van der Waals surface area (Å²) in [5.41, 5.74) is 3.73. The molecule has 6 nitrogen and oxygen atoms in total. The maximum absolute atomic E-state index is 13.6. The van der Waals surface area contributed by atoms with E-state index in [1.165, 1.54) is 24.4 Å². The molecule has 0 saturated heterocycles. The van der Waals surface area contributed by atoms with Gasteiger partial charge < -0.3 is 10.2 Å². The molecule has 0 aliphatic carbocycles. The number of rotatable bonds is 8. The molecular weight excluding hydrogens is 584 g/mol. The second-order valence-corrected chi connectivity index (χ2v) is 17.8. The summed E-state index contributed by atoms with van der Waals surface area (Å²) in [6, 6.07) is 16.2. The molecule has 0 saturated carbocycles. The van der Waals surface area contributed by atoms with Crippen molar-refractivity contribution in [3.8, 4) is 5.75 Å². The van der Waals surface area contributed by atoms with Crippen LogP contribution in [0.25, 0.3) is 0 Å². The smallest absolute Gasteiger partial charge is 0.270 e. The van der Waals surface area contributed by atoms with E-state index in [-0.39, 0.29) is 44.6 Å². The first-order valence-corrected chi connectivity index (χ1v) is 16.8. The van der Waals surface area contributed by atoms with Crippen molar-refractivity contribution in [3.05, 3.63) is 104 Å². The molecule has 0 aliphatic heterocycles. The van der Waals surface area contributed by atoms with Crippen molar-refractivity contribution in [3.63, 3.8) is 0 Å². The lowest BCUT2D eigenvalue weighted by Gasteiger charge is -2.39. The molecular formula is C41H58N2O4. The number of hydrogen-bond acceptors (Lipinski definition) is 5. The van der Waals surface area contributed by atoms with Crippen molar-refractivity contribution in [2.45, 2.75) is 137 Å². The van der Waals surface area contributed by atoms with Gasteiger partial charge in [-0.2, -0.15) is 0 Å². The van der Waals surface area contributed by atoms with Gasteiger partial charge in [0, 0.05) is 23.9 Å². The zero-order chi connectivity index (χ0) is 35.9. The summed E-state index contributed by atoms with van der Waals surface area (Å²) in [5, 5.41) is 35.9. The minimum Gasteiger partial charge on any atom is -0.507 e. The van der Waals surface area contributed by atoms with Gasteiger partial charge in [0.1, 0.15) is 11.4 Å². The number of nitro benzene ring substituents is 1. The van der Waals surface area contributed by atoms with Gasteiger partial charge in [0.05, 0.1) is 11.0 Å². The molecule has 256 valence electrons. The fraction of sp³-hybridized carbons (Fsp3) is 0.537. The number of phenolic OH excluding ortho intramolecular Hbond substituents is 1. The summed E-state index contributed by atoms with van der Waals surface area (Å²) in [6.07, 6.45) is 2.01. The number of aliphatic hydroxyl groups is 1. The fourth-order valence-electron chi connectivity index (χ4n) is 5.69. The topological polar surface area (TPSA) is 96.0 Å². The van der Waals surface area contributed by atoms with Gasteiger partial charge in [0.25, 0.3) is 5.69 Å². The van der Waals surface area contributed by atoms with Crippen molar-refractivity contribution < 1.29 is 15.1 Å². The van der Waals surface area contributed by atoms with Gasteiger partial charge in [-0.05, 0) is 73.4 Å². The van der Waals surface area contributed by atoms with Crippen LogP contribution in [-0.4, -0.2) is 27.4 Å². The number of hydrogen-bond donors (Lipinski definition) is 2. The van der Waals surface area contributed by atoms with E-state index >= 15 is 0 Å². The Hall–Kier alpha value is -3.51. The Kier molecular flexibility index (Phi) is 10.6. The second-order valence-electron chi connectivity index (χ2n) is 17.8. The average molecular weight is 643 g/mol. The fourth-order valence-corrected chi connectivity index (χ4v) is 5.69. The zero-order valence-corrected chi connectivity index (χ0v) is 31.2. The molecule has 3 aromatic rings. The number of nitro groups is 1. The van der Waals surface area contributed by atoms with E-state index in [2.05, 4.69) is 133 Å². The largest absolute Gasteiger partial charge is 0.507 e. The first-order valence-electron chi connectivity index (χ1n) is 16.8. The number of benzene rings is 3. The molecule has 0 fully saturated rings. The number of phenols is 1. The summed E-state index contributed by atoms with van der Waals surface area (Å²) in [6.45, 7) is 30.4. The van der Waals surface area contributed by atoms with Gasteiger partial charge in [0.15, 0.2) is 0 Å². The van der Waals surface area contributed by atoms with Gasteiger partial charge in [0.2, 0.25) is 0 Å². The quantitative estimate of drug-likeness (QED) is 0.145. The van der Waals surface area contributed by atoms with Gasteiger partial charge in [-0.25, -0.2) is 0 Å². The predicted molar refractivity (Wildman–Crippen MR) is 196 cm³/mol. The van der Waals surface area contributed by atoms with Gasteiger partial charge in [-0.1, -0.05) is 133 Å². The van der Waals surface area contributed by atoms with Crippen molar-refractivity contribution in [1.82, 2.24) is 0 Å². The van der Waals surface area contributed by atoms with Crippen LogP contribution in [0.15, 0.2) is 59.6 Å². The molecule has 0 heterocycles. The lowest BCUT2D eigenvalue weighted by atomic mass is 9.70. The highest BCUT2D eigenvalue weighted by molar-refractivity contribution is 5.84.